The molecular formula is C20H29N9O5. The molecule has 2 amide bonds. The van der Waals surface area contributed by atoms with Gasteiger partial charge in [-0.25, -0.2) is 9.48 Å². The number of carbonyl (C=O) groups is 3. The van der Waals surface area contributed by atoms with Gasteiger partial charge in [-0.1, -0.05) is 6.92 Å². The number of carboxylic acids is 1. The second-order valence-corrected chi connectivity index (χ2v) is 9.31. The van der Waals surface area contributed by atoms with Gasteiger partial charge in [-0.15, -0.1) is 5.10 Å². The number of amides is 2. The summed E-state index contributed by atoms with van der Waals surface area (Å²) in [4.78, 5) is 40.7. The molecule has 4 heterocycles. The van der Waals surface area contributed by atoms with Crippen molar-refractivity contribution in [3.63, 3.8) is 0 Å². The number of aliphatic carboxylic acids is 1. The number of amidine groups is 1. The molecule has 0 saturated carbocycles. The van der Waals surface area contributed by atoms with E-state index in [0.717, 1.165) is 0 Å². The molecule has 1 aromatic rings. The third kappa shape index (κ3) is 4.25. The zero-order valence-electron chi connectivity index (χ0n) is 19.0. The maximum absolute atomic E-state index is 13.0. The normalized spacial score (nSPS) is 29.7. The van der Waals surface area contributed by atoms with Crippen molar-refractivity contribution in [1.82, 2.24) is 35.3 Å². The van der Waals surface area contributed by atoms with Gasteiger partial charge in [0.1, 0.15) is 18.6 Å². The van der Waals surface area contributed by atoms with Crippen LogP contribution in [0.15, 0.2) is 17.6 Å². The predicted molar refractivity (Wildman–Crippen MR) is 116 cm³/mol. The molecule has 34 heavy (non-hydrogen) atoms. The number of β-lactam (4-membered cyclic amide) rings is 1. The molecule has 0 aromatic carbocycles. The molecule has 0 bridgehead atoms. The molecule has 0 radical (unpaired) electrons. The molecule has 3 aliphatic rings. The van der Waals surface area contributed by atoms with Crippen LogP contribution in [0, 0.1) is 23.2 Å². The number of aliphatic hydroxyl groups is 1. The topological polar surface area (TPSA) is 204 Å². The van der Waals surface area contributed by atoms with Crippen molar-refractivity contribution in [3.8, 4) is 0 Å². The summed E-state index contributed by atoms with van der Waals surface area (Å²) in [5.74, 6) is -2.86. The van der Waals surface area contributed by atoms with Crippen molar-refractivity contribution in [3.05, 3.63) is 17.6 Å². The highest BCUT2D eigenvalue weighted by Crippen LogP contribution is 2.47. The molecule has 14 heteroatoms. The summed E-state index contributed by atoms with van der Waals surface area (Å²) in [5, 5.41) is 41.1. The van der Waals surface area contributed by atoms with Gasteiger partial charge in [-0.3, -0.25) is 19.9 Å². The Balaban J connectivity index is 1.45. The van der Waals surface area contributed by atoms with Crippen LogP contribution >= 0.6 is 0 Å². The van der Waals surface area contributed by atoms with Gasteiger partial charge >= 0.3 is 5.97 Å². The Labute approximate surface area is 195 Å². The fraction of sp³-hybridized carbons (Fsp3) is 0.650. The maximum atomic E-state index is 13.0. The van der Waals surface area contributed by atoms with Gasteiger partial charge in [-0.05, 0) is 22.9 Å². The van der Waals surface area contributed by atoms with Crippen molar-refractivity contribution in [2.75, 3.05) is 19.6 Å². The van der Waals surface area contributed by atoms with Crippen molar-refractivity contribution in [2.45, 2.75) is 45.0 Å². The molecule has 0 aliphatic carbocycles. The Bertz CT molecular complexity index is 1030. The third-order valence-corrected chi connectivity index (χ3v) is 6.98. The predicted octanol–water partition coefficient (Wildman–Crippen LogP) is -2.39. The minimum absolute atomic E-state index is 0.000661. The zero-order valence-corrected chi connectivity index (χ0v) is 19.0. The van der Waals surface area contributed by atoms with E-state index in [4.69, 9.17) is 11.1 Å². The van der Waals surface area contributed by atoms with Gasteiger partial charge in [0.25, 0.3) is 0 Å². The summed E-state index contributed by atoms with van der Waals surface area (Å²) < 4.78 is 1.27. The van der Waals surface area contributed by atoms with Crippen LogP contribution < -0.4 is 11.1 Å². The molecule has 6 atom stereocenters. The van der Waals surface area contributed by atoms with Crippen molar-refractivity contribution < 1.29 is 24.6 Å². The van der Waals surface area contributed by atoms with E-state index in [1.165, 1.54) is 15.9 Å². The number of nitrogens with two attached hydrogens (primary N) is 1. The highest BCUT2D eigenvalue weighted by atomic mass is 16.4. The summed E-state index contributed by atoms with van der Waals surface area (Å²) in [6, 6.07) is -0.888. The van der Waals surface area contributed by atoms with E-state index in [2.05, 4.69) is 20.8 Å². The summed E-state index contributed by atoms with van der Waals surface area (Å²) in [6.45, 7) is 4.64. The monoisotopic (exact) mass is 475 g/mol. The number of rotatable bonds is 9. The number of hydrogen-bond acceptors (Lipinski definition) is 9. The van der Waals surface area contributed by atoms with E-state index >= 15 is 0 Å². The van der Waals surface area contributed by atoms with Crippen LogP contribution in [0.3, 0.4) is 0 Å². The van der Waals surface area contributed by atoms with Crippen LogP contribution in [-0.4, -0.2) is 102 Å². The lowest BCUT2D eigenvalue weighted by molar-refractivity contribution is -0.158. The molecule has 184 valence electrons. The quantitative estimate of drug-likeness (QED) is 0.146. The lowest BCUT2D eigenvalue weighted by Gasteiger charge is -2.47. The van der Waals surface area contributed by atoms with E-state index in [1.807, 2.05) is 11.8 Å². The fourth-order valence-electron chi connectivity index (χ4n) is 5.46. The number of carboxylic acid groups (broad SMARTS) is 1. The summed E-state index contributed by atoms with van der Waals surface area (Å²) in [6.07, 6.45) is 0.927. The molecule has 2 saturated heterocycles. The minimum atomic E-state index is -1.17. The number of aromatic nitrogens is 4. The Kier molecular flexibility index (Phi) is 6.36. The number of hydrogen-bond donors (Lipinski definition) is 5. The molecule has 0 spiro atoms. The van der Waals surface area contributed by atoms with Crippen molar-refractivity contribution in [2.24, 2.45) is 23.5 Å². The standard InChI is InChI=1S/C20H29N9O5/c1-9-12(5-27-4-11(3-14(21)22)13(30)6-27)18(20(33)34)29-17(9)16(19(29)32)10(2)24-15(31)7-28-8-23-25-26-28/h8-11,13,16-17,30H,3-7H2,1-2H3,(H3,21,22)(H,24,31)(H,33,34)/t9-,10+,11?,13-,16+,17+/m0/s1. The first kappa shape index (κ1) is 23.8. The smallest absolute Gasteiger partial charge is 0.352 e. The van der Waals surface area contributed by atoms with E-state index in [-0.39, 0.29) is 54.2 Å². The van der Waals surface area contributed by atoms with Gasteiger partial charge in [0.05, 0.1) is 23.9 Å². The molecule has 3 aliphatic heterocycles. The number of aliphatic hydroxyl groups excluding tert-OH is 1. The van der Waals surface area contributed by atoms with Gasteiger partial charge in [0.15, 0.2) is 0 Å². The zero-order chi connectivity index (χ0) is 24.7. The average Bonchev–Trinajstić information content (AvgIpc) is 3.41. The summed E-state index contributed by atoms with van der Waals surface area (Å²) in [7, 11) is 0. The van der Waals surface area contributed by atoms with Crippen LogP contribution in [0.2, 0.25) is 0 Å². The van der Waals surface area contributed by atoms with Gasteiger partial charge in [-0.2, -0.15) is 0 Å². The van der Waals surface area contributed by atoms with E-state index < -0.39 is 24.0 Å². The largest absolute Gasteiger partial charge is 0.477 e. The van der Waals surface area contributed by atoms with Gasteiger partial charge in [0.2, 0.25) is 11.8 Å². The highest BCUT2D eigenvalue weighted by Gasteiger charge is 2.60. The lowest BCUT2D eigenvalue weighted by Crippen LogP contribution is -2.66. The first-order valence-electron chi connectivity index (χ1n) is 11.1. The molecule has 6 N–H and O–H groups in total. The second kappa shape index (κ2) is 9.10. The Morgan fingerprint density at radius 2 is 2.12 bits per heavy atom. The number of tetrazole rings is 1. The molecule has 1 aromatic heterocycles. The fourth-order valence-corrected chi connectivity index (χ4v) is 5.46. The molecule has 14 nitrogen and oxygen atoms in total. The maximum Gasteiger partial charge on any atom is 0.352 e. The first-order valence-corrected chi connectivity index (χ1v) is 11.1. The van der Waals surface area contributed by atoms with Crippen LogP contribution in [0.5, 0.6) is 0 Å². The van der Waals surface area contributed by atoms with Crippen LogP contribution in [0.1, 0.15) is 20.3 Å². The average molecular weight is 476 g/mol. The van der Waals surface area contributed by atoms with Gasteiger partial charge in [0, 0.05) is 43.9 Å². The van der Waals surface area contributed by atoms with E-state index in [1.54, 1.807) is 6.92 Å². The molecule has 4 rings (SSSR count). The highest BCUT2D eigenvalue weighted by molar-refractivity contribution is 6.00. The Morgan fingerprint density at radius 1 is 1.38 bits per heavy atom. The first-order chi connectivity index (χ1) is 16.1. The summed E-state index contributed by atoms with van der Waals surface area (Å²) in [5.41, 5.74) is 6.09. The van der Waals surface area contributed by atoms with Crippen LogP contribution in [-0.2, 0) is 20.9 Å². The molecule has 1 unspecified atom stereocenters. The van der Waals surface area contributed by atoms with E-state index in [0.29, 0.717) is 25.2 Å². The SMILES string of the molecule is C[C@@H](NC(=O)Cn1cnnn1)[C@H]1C(=O)N2C(C(=O)O)=C(CN3CC(CC(=N)N)[C@@H](O)C3)[C@H](C)[C@H]12. The summed E-state index contributed by atoms with van der Waals surface area (Å²) >= 11 is 0. The number of likely N-dealkylation sites (tertiary alicyclic amines) is 1. The Hall–Kier alpha value is -3.39. The third-order valence-electron chi connectivity index (χ3n) is 6.98. The number of carbonyl (C=O) groups excluding carboxylic acids is 2. The van der Waals surface area contributed by atoms with Gasteiger partial charge < -0.3 is 26.2 Å². The van der Waals surface area contributed by atoms with Crippen molar-refractivity contribution in [1.29, 1.82) is 5.41 Å². The second-order valence-electron chi connectivity index (χ2n) is 9.31. The Morgan fingerprint density at radius 3 is 2.74 bits per heavy atom. The number of fused-ring (bicyclic) bond motifs is 1. The lowest BCUT2D eigenvalue weighted by atomic mass is 9.76. The minimum Gasteiger partial charge on any atom is -0.477 e. The number of nitrogens with one attached hydrogen (secondary N) is 2. The van der Waals surface area contributed by atoms with Crippen molar-refractivity contribution >= 4 is 23.6 Å². The molecule has 2 fully saturated rings. The van der Waals surface area contributed by atoms with Crippen LogP contribution in [0.25, 0.3) is 0 Å². The van der Waals surface area contributed by atoms with E-state index in [9.17, 15) is 24.6 Å². The molecular weight excluding hydrogens is 446 g/mol. The van der Waals surface area contributed by atoms with Crippen LogP contribution in [0.4, 0.5) is 0 Å². The number of β-amino-alcohol motifs (C(OH)–C–C–N with tert-alkyl or cyclic N) is 1. The number of nitrogens with zero attached hydrogens (tertiary/aromatic N) is 6.